The van der Waals surface area contributed by atoms with Gasteiger partial charge in [0.05, 0.1) is 22.8 Å². The van der Waals surface area contributed by atoms with Gasteiger partial charge in [0.15, 0.2) is 11.9 Å². The highest BCUT2D eigenvalue weighted by molar-refractivity contribution is 6.36. The Morgan fingerprint density at radius 1 is 1.28 bits per heavy atom. The second kappa shape index (κ2) is 7.97. The Bertz CT molecular complexity index is 789. The van der Waals surface area contributed by atoms with E-state index in [2.05, 4.69) is 9.84 Å². The fraction of sp³-hybridized carbons (Fsp3) is 0.412. The summed E-state index contributed by atoms with van der Waals surface area (Å²) < 4.78 is 17.8. The zero-order valence-corrected chi connectivity index (χ0v) is 16.2. The molecule has 0 unspecified atom stereocenters. The zero-order valence-electron chi connectivity index (χ0n) is 14.7. The Morgan fingerprint density at radius 2 is 1.92 bits per heavy atom. The fourth-order valence-electron chi connectivity index (χ4n) is 2.40. The molecular weight excluding hydrogens is 367 g/mol. The Kier molecular flexibility index (Phi) is 6.19. The van der Waals surface area contributed by atoms with Gasteiger partial charge in [-0.3, -0.25) is 0 Å². The summed E-state index contributed by atoms with van der Waals surface area (Å²) in [6.07, 6.45) is -0.0511. The molecule has 8 heteroatoms. The molecule has 2 aromatic rings. The monoisotopic (exact) mass is 386 g/mol. The third kappa shape index (κ3) is 4.19. The first-order chi connectivity index (χ1) is 11.8. The molecule has 0 aliphatic heterocycles. The van der Waals surface area contributed by atoms with Crippen molar-refractivity contribution in [3.8, 4) is 17.4 Å². The summed E-state index contributed by atoms with van der Waals surface area (Å²) in [5.74, 6) is 0.715. The number of aryl methyl sites for hydroxylation is 2. The highest BCUT2D eigenvalue weighted by Crippen LogP contribution is 2.39. The fourth-order valence-corrected chi connectivity index (χ4v) is 2.87. The second-order valence-corrected chi connectivity index (χ2v) is 6.26. The van der Waals surface area contributed by atoms with Gasteiger partial charge in [-0.1, -0.05) is 30.1 Å². The number of hydrogen-bond donors (Lipinski definition) is 0. The van der Waals surface area contributed by atoms with Gasteiger partial charge in [-0.25, -0.2) is 9.48 Å². The van der Waals surface area contributed by atoms with E-state index in [9.17, 15) is 4.79 Å². The number of nitrogens with zero attached hydrogens (tertiary/aromatic N) is 2. The van der Waals surface area contributed by atoms with Gasteiger partial charge in [0.2, 0.25) is 5.88 Å². The Morgan fingerprint density at radius 3 is 2.52 bits per heavy atom. The van der Waals surface area contributed by atoms with E-state index >= 15 is 0 Å². The van der Waals surface area contributed by atoms with E-state index in [1.807, 2.05) is 13.8 Å². The highest BCUT2D eigenvalue weighted by Gasteiger charge is 2.20. The van der Waals surface area contributed by atoms with Gasteiger partial charge >= 0.3 is 5.97 Å². The molecule has 0 saturated carbocycles. The van der Waals surface area contributed by atoms with E-state index in [1.165, 1.54) is 13.2 Å². The number of methoxy groups -OCH3 is 1. The van der Waals surface area contributed by atoms with Crippen molar-refractivity contribution in [3.63, 3.8) is 0 Å². The lowest BCUT2D eigenvalue weighted by Crippen LogP contribution is -2.25. The van der Waals surface area contributed by atoms with Crippen LogP contribution >= 0.6 is 23.2 Å². The smallest absolute Gasteiger partial charge is 0.346 e. The first-order valence-corrected chi connectivity index (χ1v) is 8.47. The number of halogens is 2. The highest BCUT2D eigenvalue weighted by atomic mass is 35.5. The van der Waals surface area contributed by atoms with Crippen molar-refractivity contribution in [3.05, 3.63) is 33.4 Å². The molecule has 0 saturated heterocycles. The van der Waals surface area contributed by atoms with Crippen LogP contribution in [0, 0.1) is 6.92 Å². The minimum Gasteiger partial charge on any atom is -0.477 e. The average Bonchev–Trinajstić information content (AvgIpc) is 2.83. The van der Waals surface area contributed by atoms with Crippen LogP contribution in [0.2, 0.25) is 10.0 Å². The zero-order chi connectivity index (χ0) is 18.7. The summed E-state index contributed by atoms with van der Waals surface area (Å²) in [7, 11) is 3.08. The average molecular weight is 387 g/mol. The quantitative estimate of drug-likeness (QED) is 0.691. The molecule has 136 valence electrons. The molecule has 0 spiro atoms. The third-order valence-corrected chi connectivity index (χ3v) is 4.26. The molecule has 0 aliphatic rings. The lowest BCUT2D eigenvalue weighted by molar-refractivity contribution is -0.147. The first kappa shape index (κ1) is 19.4. The van der Waals surface area contributed by atoms with Crippen LogP contribution in [0.5, 0.6) is 17.4 Å². The summed E-state index contributed by atoms with van der Waals surface area (Å²) in [5, 5.41) is 4.95. The first-order valence-electron chi connectivity index (χ1n) is 7.72. The van der Waals surface area contributed by atoms with Crippen molar-refractivity contribution in [2.75, 3.05) is 7.11 Å². The molecule has 0 aliphatic carbocycles. The minimum absolute atomic E-state index is 0.269. The molecule has 2 rings (SSSR count). The van der Waals surface area contributed by atoms with Crippen LogP contribution in [0.15, 0.2) is 12.1 Å². The summed E-state index contributed by atoms with van der Waals surface area (Å²) in [6.45, 7) is 5.51. The number of benzene rings is 1. The Balaban J connectivity index is 2.36. The van der Waals surface area contributed by atoms with Gasteiger partial charge in [-0.2, -0.15) is 5.10 Å². The van der Waals surface area contributed by atoms with Crippen molar-refractivity contribution < 1.29 is 19.0 Å². The lowest BCUT2D eigenvalue weighted by Gasteiger charge is -2.16. The van der Waals surface area contributed by atoms with E-state index < -0.39 is 12.1 Å². The lowest BCUT2D eigenvalue weighted by atomic mass is 10.2. The topological polar surface area (TPSA) is 62.6 Å². The van der Waals surface area contributed by atoms with Crippen LogP contribution in [0.4, 0.5) is 0 Å². The van der Waals surface area contributed by atoms with E-state index in [1.54, 1.807) is 24.7 Å². The maximum Gasteiger partial charge on any atom is 0.346 e. The van der Waals surface area contributed by atoms with E-state index in [-0.39, 0.29) is 10.8 Å². The third-order valence-electron chi connectivity index (χ3n) is 3.67. The van der Waals surface area contributed by atoms with Crippen LogP contribution in [0.1, 0.15) is 25.1 Å². The summed E-state index contributed by atoms with van der Waals surface area (Å²) >= 11 is 12.4. The molecule has 0 fully saturated rings. The summed E-state index contributed by atoms with van der Waals surface area (Å²) in [5.41, 5.74) is 1.87. The molecule has 0 bridgehead atoms. The number of aromatic nitrogens is 2. The van der Waals surface area contributed by atoms with Crippen molar-refractivity contribution >= 4 is 29.2 Å². The van der Waals surface area contributed by atoms with Crippen molar-refractivity contribution in [1.29, 1.82) is 0 Å². The molecule has 25 heavy (non-hydrogen) atoms. The van der Waals surface area contributed by atoms with E-state index in [0.717, 1.165) is 17.7 Å². The van der Waals surface area contributed by atoms with Crippen molar-refractivity contribution in [1.82, 2.24) is 9.78 Å². The van der Waals surface area contributed by atoms with E-state index in [0.29, 0.717) is 16.7 Å². The summed E-state index contributed by atoms with van der Waals surface area (Å²) in [4.78, 5) is 11.5. The predicted octanol–water partition coefficient (Wildman–Crippen LogP) is 4.33. The predicted molar refractivity (Wildman–Crippen MR) is 96.0 cm³/mol. The molecule has 0 amide bonds. The standard InChI is InChI=1S/C17H20Cl2N2O4/c1-6-11-9(2)20-21(4)16(11)25-15-8-14(12(18)7-13(15)19)24-10(3)17(22)23-5/h7-8,10H,6H2,1-5H3/t10-/m0/s1. The number of rotatable bonds is 6. The van der Waals surface area contributed by atoms with Crippen molar-refractivity contribution in [2.45, 2.75) is 33.3 Å². The van der Waals surface area contributed by atoms with Gasteiger partial charge in [0.1, 0.15) is 5.75 Å². The number of carbonyl (C=O) groups excluding carboxylic acids is 1. The molecule has 1 aromatic heterocycles. The minimum atomic E-state index is -0.818. The van der Waals surface area contributed by atoms with Crippen LogP contribution in [-0.4, -0.2) is 29.0 Å². The van der Waals surface area contributed by atoms with Gasteiger partial charge < -0.3 is 14.2 Å². The van der Waals surface area contributed by atoms with Crippen molar-refractivity contribution in [2.24, 2.45) is 7.05 Å². The molecule has 0 N–H and O–H groups in total. The van der Waals surface area contributed by atoms with E-state index in [4.69, 9.17) is 32.7 Å². The normalized spacial score (nSPS) is 12.0. The number of hydrogen-bond acceptors (Lipinski definition) is 5. The second-order valence-electron chi connectivity index (χ2n) is 5.44. The maximum atomic E-state index is 11.5. The molecule has 1 aromatic carbocycles. The van der Waals surface area contributed by atoms with Gasteiger partial charge in [0, 0.05) is 18.7 Å². The molecule has 0 radical (unpaired) electrons. The Hall–Kier alpha value is -1.92. The number of carbonyl (C=O) groups is 1. The summed E-state index contributed by atoms with van der Waals surface area (Å²) in [6, 6.07) is 3.05. The van der Waals surface area contributed by atoms with Gasteiger partial charge in [0.25, 0.3) is 0 Å². The van der Waals surface area contributed by atoms with Crippen LogP contribution in [-0.2, 0) is 23.0 Å². The Labute approximate surface area is 156 Å². The number of ether oxygens (including phenoxy) is 3. The molecule has 6 nitrogen and oxygen atoms in total. The van der Waals surface area contributed by atoms with Gasteiger partial charge in [-0.15, -0.1) is 0 Å². The maximum absolute atomic E-state index is 11.5. The molecule has 1 atom stereocenters. The number of esters is 1. The SMILES string of the molecule is CCc1c(C)nn(C)c1Oc1cc(O[C@@H](C)C(=O)OC)c(Cl)cc1Cl. The largest absolute Gasteiger partial charge is 0.477 e. The molecule has 1 heterocycles. The van der Waals surface area contributed by atoms with Crippen LogP contribution in [0.25, 0.3) is 0 Å². The van der Waals surface area contributed by atoms with Crippen LogP contribution < -0.4 is 9.47 Å². The van der Waals surface area contributed by atoms with Crippen LogP contribution in [0.3, 0.4) is 0 Å². The van der Waals surface area contributed by atoms with Gasteiger partial charge in [-0.05, 0) is 26.3 Å². The molecular formula is C17H20Cl2N2O4.